The van der Waals surface area contributed by atoms with Gasteiger partial charge in [-0.3, -0.25) is 9.89 Å². The van der Waals surface area contributed by atoms with Crippen molar-refractivity contribution in [3.05, 3.63) is 30.4 Å². The van der Waals surface area contributed by atoms with E-state index in [2.05, 4.69) is 25.5 Å². The van der Waals surface area contributed by atoms with Crippen molar-refractivity contribution in [3.8, 4) is 0 Å². The first kappa shape index (κ1) is 9.38. The zero-order valence-electron chi connectivity index (χ0n) is 8.14. The highest BCUT2D eigenvalue weighted by atomic mass is 16.1. The van der Waals surface area contributed by atoms with E-state index in [1.807, 2.05) is 0 Å². The Morgan fingerprint density at radius 1 is 1.67 bits per heavy atom. The van der Waals surface area contributed by atoms with Crippen molar-refractivity contribution in [2.24, 2.45) is 7.05 Å². The van der Waals surface area contributed by atoms with E-state index < -0.39 is 0 Å². The van der Waals surface area contributed by atoms with Crippen LogP contribution in [0.1, 0.15) is 16.3 Å². The maximum Gasteiger partial charge on any atom is 0.269 e. The van der Waals surface area contributed by atoms with Crippen LogP contribution in [-0.2, 0) is 13.6 Å². The van der Waals surface area contributed by atoms with Crippen molar-refractivity contribution in [2.75, 3.05) is 0 Å². The summed E-state index contributed by atoms with van der Waals surface area (Å²) >= 11 is 0. The number of nitrogens with zero attached hydrogens (tertiary/aromatic N) is 4. The van der Waals surface area contributed by atoms with Gasteiger partial charge in [-0.25, -0.2) is 9.97 Å². The molecule has 0 spiro atoms. The summed E-state index contributed by atoms with van der Waals surface area (Å²) in [5.41, 5.74) is 0.509. The Bertz CT molecular complexity index is 445. The highest BCUT2D eigenvalue weighted by molar-refractivity contribution is 5.92. The molecule has 2 rings (SSSR count). The molecular formula is C8H10N6O. The fraction of sp³-hybridized carbons (Fsp3) is 0.250. The highest BCUT2D eigenvalue weighted by Gasteiger charge is 2.09. The lowest BCUT2D eigenvalue weighted by molar-refractivity contribution is 0.0942. The normalized spacial score (nSPS) is 10.2. The van der Waals surface area contributed by atoms with Gasteiger partial charge in [0.15, 0.2) is 0 Å². The topological polar surface area (TPSA) is 88.5 Å². The van der Waals surface area contributed by atoms with Gasteiger partial charge in [-0.15, -0.1) is 0 Å². The number of imidazole rings is 1. The van der Waals surface area contributed by atoms with E-state index in [1.54, 1.807) is 17.9 Å². The molecule has 2 aromatic rings. The van der Waals surface area contributed by atoms with Gasteiger partial charge in [0.05, 0.1) is 19.1 Å². The van der Waals surface area contributed by atoms with Crippen molar-refractivity contribution in [3.63, 3.8) is 0 Å². The predicted molar refractivity (Wildman–Crippen MR) is 50.8 cm³/mol. The minimum atomic E-state index is -0.189. The van der Waals surface area contributed by atoms with Crippen molar-refractivity contribution in [1.82, 2.24) is 30.0 Å². The van der Waals surface area contributed by atoms with Crippen LogP contribution in [0.2, 0.25) is 0 Å². The largest absolute Gasteiger partial charge is 0.343 e. The van der Waals surface area contributed by atoms with Crippen molar-refractivity contribution in [2.45, 2.75) is 6.54 Å². The molecule has 0 unspecified atom stereocenters. The molecular weight excluding hydrogens is 196 g/mol. The molecule has 0 atom stereocenters. The first-order valence-electron chi connectivity index (χ1n) is 4.36. The maximum absolute atomic E-state index is 11.6. The molecule has 15 heavy (non-hydrogen) atoms. The van der Waals surface area contributed by atoms with Crippen LogP contribution in [0.15, 0.2) is 18.9 Å². The Morgan fingerprint density at radius 2 is 2.53 bits per heavy atom. The number of amides is 1. The predicted octanol–water partition coefficient (Wildman–Crippen LogP) is -0.532. The molecule has 2 aromatic heterocycles. The van der Waals surface area contributed by atoms with Crippen LogP contribution in [0.3, 0.4) is 0 Å². The minimum absolute atomic E-state index is 0.189. The molecule has 0 bridgehead atoms. The molecule has 0 aliphatic heterocycles. The lowest BCUT2D eigenvalue weighted by Gasteiger charge is -2.02. The van der Waals surface area contributed by atoms with E-state index in [0.717, 1.165) is 0 Å². The fourth-order valence-corrected chi connectivity index (χ4v) is 1.15. The second-order valence-electron chi connectivity index (χ2n) is 3.00. The van der Waals surface area contributed by atoms with E-state index >= 15 is 0 Å². The third-order valence-electron chi connectivity index (χ3n) is 1.93. The number of carbonyl (C=O) groups is 1. The van der Waals surface area contributed by atoms with Gasteiger partial charge in [-0.2, -0.15) is 5.10 Å². The van der Waals surface area contributed by atoms with Crippen LogP contribution in [0.5, 0.6) is 0 Å². The van der Waals surface area contributed by atoms with Crippen LogP contribution in [-0.4, -0.2) is 30.6 Å². The van der Waals surface area contributed by atoms with Crippen LogP contribution >= 0.6 is 0 Å². The molecule has 0 fully saturated rings. The van der Waals surface area contributed by atoms with Gasteiger partial charge in [0.2, 0.25) is 0 Å². The number of aryl methyl sites for hydroxylation is 1. The van der Waals surface area contributed by atoms with Crippen molar-refractivity contribution < 1.29 is 4.79 Å². The number of carbonyl (C=O) groups excluding carboxylic acids is 1. The van der Waals surface area contributed by atoms with Gasteiger partial charge in [0, 0.05) is 7.05 Å². The third kappa shape index (κ3) is 2.01. The molecule has 0 aliphatic carbocycles. The monoisotopic (exact) mass is 206 g/mol. The second kappa shape index (κ2) is 3.91. The number of hydrogen-bond donors (Lipinski definition) is 2. The zero-order chi connectivity index (χ0) is 10.7. The Kier molecular flexibility index (Phi) is 2.44. The first-order chi connectivity index (χ1) is 7.27. The number of aromatic amines is 1. The van der Waals surface area contributed by atoms with Gasteiger partial charge >= 0.3 is 0 Å². The van der Waals surface area contributed by atoms with Crippen molar-refractivity contribution >= 4 is 5.91 Å². The lowest BCUT2D eigenvalue weighted by atomic mass is 10.4. The quantitative estimate of drug-likeness (QED) is 0.706. The van der Waals surface area contributed by atoms with Crippen LogP contribution in [0, 0.1) is 0 Å². The fourth-order valence-electron chi connectivity index (χ4n) is 1.15. The molecule has 7 nitrogen and oxygen atoms in total. The Balaban J connectivity index is 1.96. The van der Waals surface area contributed by atoms with Gasteiger partial charge in [-0.1, -0.05) is 0 Å². The molecule has 2 heterocycles. The molecule has 0 radical (unpaired) electrons. The molecule has 0 saturated carbocycles. The molecule has 7 heteroatoms. The van der Waals surface area contributed by atoms with Crippen molar-refractivity contribution in [1.29, 1.82) is 0 Å². The lowest BCUT2D eigenvalue weighted by Crippen LogP contribution is -2.25. The van der Waals surface area contributed by atoms with Gasteiger partial charge in [-0.05, 0) is 0 Å². The van der Waals surface area contributed by atoms with Crippen LogP contribution < -0.4 is 5.32 Å². The molecule has 0 aromatic carbocycles. The summed E-state index contributed by atoms with van der Waals surface area (Å²) in [7, 11) is 1.76. The maximum atomic E-state index is 11.6. The summed E-state index contributed by atoms with van der Waals surface area (Å²) in [6.07, 6.45) is 4.48. The summed E-state index contributed by atoms with van der Waals surface area (Å²) < 4.78 is 1.65. The summed E-state index contributed by atoms with van der Waals surface area (Å²) in [6.45, 7) is 0.323. The average Bonchev–Trinajstić information content (AvgIpc) is 2.84. The number of hydrogen-bond acceptors (Lipinski definition) is 4. The average molecular weight is 206 g/mol. The first-order valence-corrected chi connectivity index (χ1v) is 4.36. The molecule has 0 saturated heterocycles. The Hall–Kier alpha value is -2.18. The number of rotatable bonds is 3. The molecule has 1 amide bonds. The SMILES string of the molecule is Cn1cncc1C(=O)NCc1ncn[nH]1. The summed E-state index contributed by atoms with van der Waals surface area (Å²) in [6, 6.07) is 0. The summed E-state index contributed by atoms with van der Waals surface area (Å²) in [5.74, 6) is 0.428. The van der Waals surface area contributed by atoms with Gasteiger partial charge < -0.3 is 9.88 Å². The molecule has 78 valence electrons. The van der Waals surface area contributed by atoms with Gasteiger partial charge in [0.25, 0.3) is 5.91 Å². The van der Waals surface area contributed by atoms with E-state index in [0.29, 0.717) is 18.1 Å². The molecule has 2 N–H and O–H groups in total. The minimum Gasteiger partial charge on any atom is -0.343 e. The van der Waals surface area contributed by atoms with E-state index in [9.17, 15) is 4.79 Å². The Morgan fingerprint density at radius 3 is 3.13 bits per heavy atom. The zero-order valence-corrected chi connectivity index (χ0v) is 8.14. The number of H-pyrrole nitrogens is 1. The molecule has 0 aliphatic rings. The smallest absolute Gasteiger partial charge is 0.269 e. The third-order valence-corrected chi connectivity index (χ3v) is 1.93. The summed E-state index contributed by atoms with van der Waals surface area (Å²) in [4.78, 5) is 19.3. The van der Waals surface area contributed by atoms with E-state index in [4.69, 9.17) is 0 Å². The standard InChI is InChI=1S/C8H10N6O/c1-14-5-9-2-6(14)8(15)10-3-7-11-4-12-13-7/h2,4-5H,3H2,1H3,(H,10,15)(H,11,12,13). The van der Waals surface area contributed by atoms with E-state index in [-0.39, 0.29) is 5.91 Å². The highest BCUT2D eigenvalue weighted by Crippen LogP contribution is 1.96. The Labute approximate surface area is 85.6 Å². The van der Waals surface area contributed by atoms with Gasteiger partial charge in [0.1, 0.15) is 17.8 Å². The summed E-state index contributed by atoms with van der Waals surface area (Å²) in [5, 5.41) is 9.02. The van der Waals surface area contributed by atoms with Crippen LogP contribution in [0.4, 0.5) is 0 Å². The second-order valence-corrected chi connectivity index (χ2v) is 3.00. The number of aromatic nitrogens is 5. The van der Waals surface area contributed by atoms with E-state index in [1.165, 1.54) is 12.5 Å². The number of nitrogens with one attached hydrogen (secondary N) is 2. The van der Waals surface area contributed by atoms with Crippen LogP contribution in [0.25, 0.3) is 0 Å².